The van der Waals surface area contributed by atoms with Crippen molar-refractivity contribution in [2.45, 2.75) is 23.9 Å². The van der Waals surface area contributed by atoms with Crippen LogP contribution in [0.25, 0.3) is 0 Å². The van der Waals surface area contributed by atoms with Crippen LogP contribution in [-0.2, 0) is 32.6 Å². The Balaban J connectivity index is 2.07. The van der Waals surface area contributed by atoms with Gasteiger partial charge in [-0.3, -0.25) is 9.59 Å². The number of carboxylic acid groups (broad SMARTS) is 1. The van der Waals surface area contributed by atoms with Crippen molar-refractivity contribution in [2.75, 3.05) is 0 Å². The van der Waals surface area contributed by atoms with Gasteiger partial charge in [0.25, 0.3) is 0 Å². The maximum Gasteiger partial charge on any atom is 0.307 e. The summed E-state index contributed by atoms with van der Waals surface area (Å²) in [6, 6.07) is 19.3. The molecular formula is C23H21ClN2O5S. The summed E-state index contributed by atoms with van der Waals surface area (Å²) < 4.78 is 28.2. The molecule has 0 bridgehead atoms. The first-order chi connectivity index (χ1) is 15.2. The molecule has 0 aliphatic carbocycles. The van der Waals surface area contributed by atoms with E-state index in [1.54, 1.807) is 54.6 Å². The monoisotopic (exact) mass is 472 g/mol. The van der Waals surface area contributed by atoms with Crippen molar-refractivity contribution in [3.8, 4) is 0 Å². The fourth-order valence-electron chi connectivity index (χ4n) is 3.28. The molecule has 3 N–H and O–H groups in total. The summed E-state index contributed by atoms with van der Waals surface area (Å²) in [5, 5.41) is 9.32. The van der Waals surface area contributed by atoms with E-state index in [-0.39, 0.29) is 17.9 Å². The molecule has 0 aliphatic rings. The van der Waals surface area contributed by atoms with Crippen LogP contribution in [0.5, 0.6) is 0 Å². The molecule has 9 heteroatoms. The number of amides is 1. The second-order valence-electron chi connectivity index (χ2n) is 7.11. The van der Waals surface area contributed by atoms with E-state index in [1.165, 1.54) is 24.3 Å². The molecule has 0 saturated carbocycles. The van der Waals surface area contributed by atoms with Gasteiger partial charge in [-0.1, -0.05) is 66.2 Å². The van der Waals surface area contributed by atoms with E-state index in [0.29, 0.717) is 21.7 Å². The average molecular weight is 473 g/mol. The molecule has 3 aromatic carbocycles. The Morgan fingerprint density at radius 3 is 2.00 bits per heavy atom. The van der Waals surface area contributed by atoms with E-state index in [2.05, 4.69) is 0 Å². The lowest BCUT2D eigenvalue weighted by Crippen LogP contribution is -2.41. The average Bonchev–Trinajstić information content (AvgIpc) is 2.75. The molecule has 0 radical (unpaired) electrons. The molecule has 32 heavy (non-hydrogen) atoms. The van der Waals surface area contributed by atoms with E-state index >= 15 is 0 Å². The quantitative estimate of drug-likeness (QED) is 0.495. The number of halogens is 1. The number of carbonyl (C=O) groups is 2. The largest absolute Gasteiger partial charge is 0.481 e. The maximum atomic E-state index is 13.6. The van der Waals surface area contributed by atoms with E-state index in [9.17, 15) is 18.0 Å². The second-order valence-corrected chi connectivity index (χ2v) is 9.43. The summed E-state index contributed by atoms with van der Waals surface area (Å²) in [5.74, 6) is -1.79. The highest BCUT2D eigenvalue weighted by Crippen LogP contribution is 2.30. The number of primary amides is 1. The van der Waals surface area contributed by atoms with Gasteiger partial charge in [0, 0.05) is 11.6 Å². The fourth-order valence-corrected chi connectivity index (χ4v) is 4.98. The first-order valence-electron chi connectivity index (χ1n) is 9.60. The number of carbonyl (C=O) groups excluding carboxylic acids is 1. The first kappa shape index (κ1) is 23.5. The van der Waals surface area contributed by atoms with Crippen molar-refractivity contribution in [3.63, 3.8) is 0 Å². The molecule has 7 nitrogen and oxygen atoms in total. The Kier molecular flexibility index (Phi) is 7.29. The lowest BCUT2D eigenvalue weighted by molar-refractivity contribution is -0.136. The van der Waals surface area contributed by atoms with Crippen molar-refractivity contribution >= 4 is 33.5 Å². The predicted molar refractivity (Wildman–Crippen MR) is 120 cm³/mol. The third kappa shape index (κ3) is 5.53. The van der Waals surface area contributed by atoms with Gasteiger partial charge in [-0.2, -0.15) is 4.31 Å². The highest BCUT2D eigenvalue weighted by atomic mass is 35.5. The molecule has 1 amide bonds. The summed E-state index contributed by atoms with van der Waals surface area (Å²) in [6.07, 6.45) is -0.152. The standard InChI is InChI=1S/C23H21ClN2O5S/c24-19-10-12-20(13-11-19)32(30,31)26(22(23(25)29)18-4-2-1-3-5-18)15-17-8-6-16(7-9-17)14-21(27)28/h1-13,22H,14-15H2,(H2,25,29)(H,27,28)/t22-/m1/s1. The fraction of sp³-hybridized carbons (Fsp3) is 0.130. The summed E-state index contributed by atoms with van der Waals surface area (Å²) >= 11 is 5.91. The molecule has 0 heterocycles. The SMILES string of the molecule is NC(=O)[C@@H](c1ccccc1)N(Cc1ccc(CC(=O)O)cc1)S(=O)(=O)c1ccc(Cl)cc1. The van der Waals surface area contributed by atoms with Gasteiger partial charge in [0.1, 0.15) is 6.04 Å². The lowest BCUT2D eigenvalue weighted by Gasteiger charge is -2.29. The van der Waals surface area contributed by atoms with Crippen LogP contribution in [0, 0.1) is 0 Å². The molecule has 3 rings (SSSR count). The van der Waals surface area contributed by atoms with Gasteiger partial charge in [0.15, 0.2) is 0 Å². The van der Waals surface area contributed by atoms with Crippen molar-refractivity contribution in [2.24, 2.45) is 5.73 Å². The zero-order valence-electron chi connectivity index (χ0n) is 16.9. The van der Waals surface area contributed by atoms with Gasteiger partial charge in [-0.15, -0.1) is 0 Å². The van der Waals surface area contributed by atoms with Gasteiger partial charge >= 0.3 is 5.97 Å². The lowest BCUT2D eigenvalue weighted by atomic mass is 10.1. The highest BCUT2D eigenvalue weighted by Gasteiger charge is 2.36. The van der Waals surface area contributed by atoms with Crippen LogP contribution in [0.4, 0.5) is 0 Å². The smallest absolute Gasteiger partial charge is 0.307 e. The van der Waals surface area contributed by atoms with Crippen molar-refractivity contribution < 1.29 is 23.1 Å². The van der Waals surface area contributed by atoms with Crippen LogP contribution in [0.15, 0.2) is 83.8 Å². The van der Waals surface area contributed by atoms with E-state index in [0.717, 1.165) is 4.31 Å². The van der Waals surface area contributed by atoms with Crippen LogP contribution in [0.3, 0.4) is 0 Å². The Hall–Kier alpha value is -3.20. The van der Waals surface area contributed by atoms with Crippen molar-refractivity contribution in [1.82, 2.24) is 4.31 Å². The minimum absolute atomic E-state index is 0.0356. The van der Waals surface area contributed by atoms with Crippen LogP contribution < -0.4 is 5.73 Å². The molecular weight excluding hydrogens is 452 g/mol. The number of aliphatic carboxylic acids is 1. The topological polar surface area (TPSA) is 118 Å². The first-order valence-corrected chi connectivity index (χ1v) is 11.4. The van der Waals surface area contributed by atoms with Crippen LogP contribution in [0.1, 0.15) is 22.7 Å². The molecule has 0 saturated heterocycles. The molecule has 3 aromatic rings. The maximum absolute atomic E-state index is 13.6. The molecule has 0 unspecified atom stereocenters. The number of hydrogen-bond donors (Lipinski definition) is 2. The number of carboxylic acids is 1. The molecule has 0 aromatic heterocycles. The van der Waals surface area contributed by atoms with E-state index in [1.807, 2.05) is 0 Å². The normalized spacial score (nSPS) is 12.4. The number of nitrogens with zero attached hydrogens (tertiary/aromatic N) is 1. The van der Waals surface area contributed by atoms with Gasteiger partial charge in [0.05, 0.1) is 11.3 Å². The van der Waals surface area contributed by atoms with Gasteiger partial charge in [-0.25, -0.2) is 8.42 Å². The zero-order valence-corrected chi connectivity index (χ0v) is 18.5. The molecule has 0 spiro atoms. The predicted octanol–water partition coefficient (Wildman–Crippen LogP) is 3.38. The summed E-state index contributed by atoms with van der Waals surface area (Å²) in [7, 11) is -4.16. The molecule has 0 aliphatic heterocycles. The third-order valence-electron chi connectivity index (χ3n) is 4.81. The number of rotatable bonds is 9. The van der Waals surface area contributed by atoms with Gasteiger partial charge in [0.2, 0.25) is 15.9 Å². The number of benzene rings is 3. The van der Waals surface area contributed by atoms with E-state index in [4.69, 9.17) is 22.4 Å². The number of hydrogen-bond acceptors (Lipinski definition) is 4. The molecule has 166 valence electrons. The third-order valence-corrected chi connectivity index (χ3v) is 6.89. The minimum atomic E-state index is -4.16. The van der Waals surface area contributed by atoms with Crippen LogP contribution >= 0.6 is 11.6 Å². The molecule has 1 atom stereocenters. The Morgan fingerprint density at radius 1 is 0.906 bits per heavy atom. The summed E-state index contributed by atoms with van der Waals surface area (Å²) in [4.78, 5) is 23.3. The minimum Gasteiger partial charge on any atom is -0.481 e. The van der Waals surface area contributed by atoms with Crippen molar-refractivity contribution in [1.29, 1.82) is 0 Å². The Labute approximate surface area is 191 Å². The van der Waals surface area contributed by atoms with Gasteiger partial charge < -0.3 is 10.8 Å². The Morgan fingerprint density at radius 2 is 1.47 bits per heavy atom. The van der Waals surface area contributed by atoms with E-state index < -0.39 is 27.9 Å². The summed E-state index contributed by atoms with van der Waals surface area (Å²) in [6.45, 7) is -0.152. The van der Waals surface area contributed by atoms with Gasteiger partial charge in [-0.05, 0) is 41.0 Å². The van der Waals surface area contributed by atoms with Crippen LogP contribution in [0.2, 0.25) is 5.02 Å². The number of nitrogens with two attached hydrogens (primary N) is 1. The second kappa shape index (κ2) is 9.95. The zero-order chi connectivity index (χ0) is 23.3. The molecule has 0 fully saturated rings. The van der Waals surface area contributed by atoms with Crippen molar-refractivity contribution in [3.05, 3.63) is 101 Å². The summed E-state index contributed by atoms with van der Waals surface area (Å²) in [5.41, 5.74) is 7.24. The highest BCUT2D eigenvalue weighted by molar-refractivity contribution is 7.89. The van der Waals surface area contributed by atoms with Crippen LogP contribution in [-0.4, -0.2) is 29.7 Å². The Bertz CT molecular complexity index is 1200. The number of sulfonamides is 1.